The lowest BCUT2D eigenvalue weighted by Gasteiger charge is -2.13. The number of nitrogens with one attached hydrogen (secondary N) is 1. The van der Waals surface area contributed by atoms with Crippen LogP contribution in [-0.4, -0.2) is 25.2 Å². The van der Waals surface area contributed by atoms with Crippen LogP contribution in [0.15, 0.2) is 46.9 Å². The Balaban J connectivity index is 1.71. The van der Waals surface area contributed by atoms with E-state index >= 15 is 0 Å². The van der Waals surface area contributed by atoms with Crippen LogP contribution in [0.25, 0.3) is 0 Å². The van der Waals surface area contributed by atoms with Crippen molar-refractivity contribution in [3.8, 4) is 0 Å². The third kappa shape index (κ3) is 3.48. The van der Waals surface area contributed by atoms with Gasteiger partial charge in [0, 0.05) is 21.4 Å². The molecule has 0 aliphatic carbocycles. The minimum Gasteiger partial charge on any atom is -0.447 e. The average Bonchev–Trinajstić information content (AvgIpc) is 2.97. The second-order valence-electron chi connectivity index (χ2n) is 4.90. The highest BCUT2D eigenvalue weighted by Crippen LogP contribution is 2.24. The van der Waals surface area contributed by atoms with Crippen LogP contribution in [0.4, 0.5) is 16.2 Å². The number of carbonyl (C=O) groups excluding carboxylic acids is 2. The van der Waals surface area contributed by atoms with Gasteiger partial charge < -0.3 is 10.1 Å². The van der Waals surface area contributed by atoms with E-state index in [9.17, 15) is 9.59 Å². The quantitative estimate of drug-likeness (QED) is 0.842. The van der Waals surface area contributed by atoms with Gasteiger partial charge in [-0.05, 0) is 58.4 Å². The zero-order chi connectivity index (χ0) is 16.4. The smallest absolute Gasteiger partial charge is 0.414 e. The predicted octanol–water partition coefficient (Wildman–Crippen LogP) is 4.31. The number of nitrogens with zero attached hydrogens (tertiary/aromatic N) is 1. The van der Waals surface area contributed by atoms with E-state index in [0.29, 0.717) is 33.9 Å². The molecule has 2 aromatic rings. The molecule has 0 saturated carbocycles. The van der Waals surface area contributed by atoms with Crippen molar-refractivity contribution >= 4 is 50.9 Å². The van der Waals surface area contributed by atoms with Crippen LogP contribution in [-0.2, 0) is 4.74 Å². The Hall–Kier alpha value is -2.05. The highest BCUT2D eigenvalue weighted by Gasteiger charge is 2.23. The van der Waals surface area contributed by atoms with E-state index in [-0.39, 0.29) is 12.0 Å². The first kappa shape index (κ1) is 15.8. The fourth-order valence-electron chi connectivity index (χ4n) is 2.19. The lowest BCUT2D eigenvalue weighted by molar-refractivity contribution is 0.102. The minimum atomic E-state index is -0.354. The van der Waals surface area contributed by atoms with Crippen LogP contribution < -0.4 is 10.2 Å². The molecule has 0 aromatic heterocycles. The van der Waals surface area contributed by atoms with Gasteiger partial charge in [-0.25, -0.2) is 4.79 Å². The molecule has 7 heteroatoms. The van der Waals surface area contributed by atoms with Crippen molar-refractivity contribution in [3.63, 3.8) is 0 Å². The van der Waals surface area contributed by atoms with Gasteiger partial charge in [-0.3, -0.25) is 9.69 Å². The number of benzene rings is 2. The minimum absolute atomic E-state index is 0.240. The average molecular weight is 396 g/mol. The molecule has 1 fully saturated rings. The van der Waals surface area contributed by atoms with Crippen molar-refractivity contribution in [3.05, 3.63) is 57.5 Å². The molecule has 118 valence electrons. The van der Waals surface area contributed by atoms with Crippen molar-refractivity contribution in [1.82, 2.24) is 0 Å². The number of hydrogen-bond donors (Lipinski definition) is 1. The maximum Gasteiger partial charge on any atom is 0.414 e. The Morgan fingerprint density at radius 2 is 1.96 bits per heavy atom. The first-order valence-corrected chi connectivity index (χ1v) is 8.02. The molecule has 2 amide bonds. The van der Waals surface area contributed by atoms with Gasteiger partial charge in [-0.2, -0.15) is 0 Å². The van der Waals surface area contributed by atoms with Crippen molar-refractivity contribution < 1.29 is 14.3 Å². The second-order valence-corrected chi connectivity index (χ2v) is 6.16. The summed E-state index contributed by atoms with van der Waals surface area (Å²) >= 11 is 9.21. The summed E-state index contributed by atoms with van der Waals surface area (Å²) in [6.07, 6.45) is -0.354. The van der Waals surface area contributed by atoms with Gasteiger partial charge >= 0.3 is 6.09 Å². The van der Waals surface area contributed by atoms with Crippen molar-refractivity contribution in [1.29, 1.82) is 0 Å². The highest BCUT2D eigenvalue weighted by molar-refractivity contribution is 9.10. The third-order valence-corrected chi connectivity index (χ3v) is 4.59. The van der Waals surface area contributed by atoms with E-state index in [2.05, 4.69) is 21.2 Å². The summed E-state index contributed by atoms with van der Waals surface area (Å²) in [5.74, 6) is -0.240. The summed E-state index contributed by atoms with van der Waals surface area (Å²) in [5.41, 5.74) is 1.87. The lowest BCUT2D eigenvalue weighted by atomic mass is 10.2. The molecule has 0 spiro atoms. The first-order chi connectivity index (χ1) is 11.0. The van der Waals surface area contributed by atoms with Gasteiger partial charge in [0.15, 0.2) is 0 Å². The van der Waals surface area contributed by atoms with Crippen LogP contribution >= 0.6 is 27.5 Å². The van der Waals surface area contributed by atoms with Crippen molar-refractivity contribution in [2.24, 2.45) is 0 Å². The molecule has 0 bridgehead atoms. The van der Waals surface area contributed by atoms with E-state index < -0.39 is 0 Å². The summed E-state index contributed by atoms with van der Waals surface area (Å²) in [6, 6.07) is 12.0. The Morgan fingerprint density at radius 1 is 1.22 bits per heavy atom. The molecule has 1 saturated heterocycles. The highest BCUT2D eigenvalue weighted by atomic mass is 79.9. The van der Waals surface area contributed by atoms with E-state index in [1.165, 1.54) is 0 Å². The zero-order valence-electron chi connectivity index (χ0n) is 11.9. The second kappa shape index (κ2) is 6.60. The molecule has 1 aliphatic heterocycles. The lowest BCUT2D eigenvalue weighted by Crippen LogP contribution is -2.23. The largest absolute Gasteiger partial charge is 0.447 e. The summed E-state index contributed by atoms with van der Waals surface area (Å²) in [6.45, 7) is 0.923. The Morgan fingerprint density at radius 3 is 2.57 bits per heavy atom. The summed E-state index contributed by atoms with van der Waals surface area (Å²) in [7, 11) is 0. The van der Waals surface area contributed by atoms with Crippen LogP contribution in [0.5, 0.6) is 0 Å². The molecule has 0 radical (unpaired) electrons. The number of anilines is 2. The standard InChI is InChI=1S/C16H12BrClN2O3/c17-13-9-10(1-6-14(13)18)15(21)19-11-2-4-12(5-3-11)20-7-8-23-16(20)22/h1-6,9H,7-8H2,(H,19,21). The van der Waals surface area contributed by atoms with Crippen LogP contribution in [0.1, 0.15) is 10.4 Å². The summed E-state index contributed by atoms with van der Waals surface area (Å²) < 4.78 is 5.56. The Bertz CT molecular complexity index is 764. The monoisotopic (exact) mass is 394 g/mol. The van der Waals surface area contributed by atoms with E-state index in [1.807, 2.05) is 0 Å². The van der Waals surface area contributed by atoms with Gasteiger partial charge in [0.05, 0.1) is 11.6 Å². The van der Waals surface area contributed by atoms with E-state index in [1.54, 1.807) is 47.4 Å². The van der Waals surface area contributed by atoms with Crippen LogP contribution in [0.3, 0.4) is 0 Å². The van der Waals surface area contributed by atoms with Crippen LogP contribution in [0.2, 0.25) is 5.02 Å². The molecule has 1 heterocycles. The molecule has 1 N–H and O–H groups in total. The van der Waals surface area contributed by atoms with Crippen LogP contribution in [0, 0.1) is 0 Å². The number of carbonyl (C=O) groups is 2. The van der Waals surface area contributed by atoms with Crippen molar-refractivity contribution in [2.45, 2.75) is 0 Å². The summed E-state index contributed by atoms with van der Waals surface area (Å²) in [4.78, 5) is 25.3. The fraction of sp³-hybridized carbons (Fsp3) is 0.125. The van der Waals surface area contributed by atoms with Gasteiger partial charge in [-0.15, -0.1) is 0 Å². The Labute approximate surface area is 146 Å². The SMILES string of the molecule is O=C(Nc1ccc(N2CCOC2=O)cc1)c1ccc(Cl)c(Br)c1. The van der Waals surface area contributed by atoms with Gasteiger partial charge in [-0.1, -0.05) is 11.6 Å². The zero-order valence-corrected chi connectivity index (χ0v) is 14.2. The number of hydrogen-bond acceptors (Lipinski definition) is 3. The molecule has 1 aliphatic rings. The molecule has 5 nitrogen and oxygen atoms in total. The molecule has 0 unspecified atom stereocenters. The maximum absolute atomic E-state index is 12.2. The maximum atomic E-state index is 12.2. The number of halogens is 2. The predicted molar refractivity (Wildman–Crippen MR) is 92.2 cm³/mol. The molecular formula is C16H12BrClN2O3. The fourth-order valence-corrected chi connectivity index (χ4v) is 2.69. The number of ether oxygens (including phenoxy) is 1. The topological polar surface area (TPSA) is 58.6 Å². The molecule has 0 atom stereocenters. The Kier molecular flexibility index (Phi) is 4.54. The van der Waals surface area contributed by atoms with Gasteiger partial charge in [0.2, 0.25) is 0 Å². The van der Waals surface area contributed by atoms with Gasteiger partial charge in [0.1, 0.15) is 6.61 Å². The normalized spacial score (nSPS) is 13.8. The third-order valence-electron chi connectivity index (χ3n) is 3.38. The number of cyclic esters (lactones) is 1. The van der Waals surface area contributed by atoms with Gasteiger partial charge in [0.25, 0.3) is 5.91 Å². The number of rotatable bonds is 3. The summed E-state index contributed by atoms with van der Waals surface area (Å²) in [5, 5.41) is 3.34. The van der Waals surface area contributed by atoms with E-state index in [0.717, 1.165) is 5.69 Å². The first-order valence-electron chi connectivity index (χ1n) is 6.85. The molecular weight excluding hydrogens is 384 g/mol. The number of amides is 2. The molecule has 23 heavy (non-hydrogen) atoms. The molecule has 3 rings (SSSR count). The molecule has 2 aromatic carbocycles. The van der Waals surface area contributed by atoms with E-state index in [4.69, 9.17) is 16.3 Å². The van der Waals surface area contributed by atoms with Crippen molar-refractivity contribution in [2.75, 3.05) is 23.4 Å².